The van der Waals surface area contributed by atoms with Crippen molar-refractivity contribution in [3.63, 3.8) is 0 Å². The highest BCUT2D eigenvalue weighted by atomic mass is 16.5. The summed E-state index contributed by atoms with van der Waals surface area (Å²) in [4.78, 5) is 11.3. The molecule has 1 unspecified atom stereocenters. The molecule has 0 heterocycles. The van der Waals surface area contributed by atoms with E-state index in [1.165, 1.54) is 6.08 Å². The van der Waals surface area contributed by atoms with Crippen LogP contribution in [0, 0.1) is 5.41 Å². The van der Waals surface area contributed by atoms with Crippen molar-refractivity contribution in [2.75, 3.05) is 13.2 Å². The number of ether oxygens (including phenoxy) is 1. The van der Waals surface area contributed by atoms with Gasteiger partial charge in [0.1, 0.15) is 0 Å². The molecule has 0 aromatic carbocycles. The average molecular weight is 172 g/mol. The maximum atomic E-state index is 11.3. The van der Waals surface area contributed by atoms with E-state index in [9.17, 15) is 4.79 Å². The molecule has 0 radical (unpaired) electrons. The van der Waals surface area contributed by atoms with E-state index in [0.29, 0.717) is 13.0 Å². The zero-order chi connectivity index (χ0) is 9.61. The first-order chi connectivity index (χ1) is 5.60. The van der Waals surface area contributed by atoms with E-state index in [-0.39, 0.29) is 12.6 Å². The smallest absolute Gasteiger partial charge is 0.315 e. The van der Waals surface area contributed by atoms with E-state index < -0.39 is 5.41 Å². The van der Waals surface area contributed by atoms with Crippen molar-refractivity contribution in [1.82, 2.24) is 0 Å². The highest BCUT2D eigenvalue weighted by molar-refractivity contribution is 5.78. The molecule has 0 fully saturated rings. The zero-order valence-electron chi connectivity index (χ0n) is 7.67. The van der Waals surface area contributed by atoms with Crippen LogP contribution in [0.4, 0.5) is 0 Å². The molecule has 0 amide bonds. The van der Waals surface area contributed by atoms with Gasteiger partial charge in [-0.3, -0.25) is 4.79 Å². The van der Waals surface area contributed by atoms with E-state index in [1.54, 1.807) is 13.8 Å². The second kappa shape index (κ2) is 4.93. The molecule has 0 spiro atoms. The van der Waals surface area contributed by atoms with Gasteiger partial charge in [-0.2, -0.15) is 0 Å². The van der Waals surface area contributed by atoms with Crippen LogP contribution in [-0.2, 0) is 9.53 Å². The number of carbonyl (C=O) groups excluding carboxylic acids is 1. The van der Waals surface area contributed by atoms with Gasteiger partial charge in [-0.25, -0.2) is 0 Å². The van der Waals surface area contributed by atoms with Gasteiger partial charge >= 0.3 is 5.97 Å². The number of rotatable bonds is 5. The summed E-state index contributed by atoms with van der Waals surface area (Å²) in [6, 6.07) is 0. The Hall–Kier alpha value is -0.830. The fraction of sp³-hybridized carbons (Fsp3) is 0.667. The number of hydrogen-bond donors (Lipinski definition) is 1. The highest BCUT2D eigenvalue weighted by Gasteiger charge is 2.30. The van der Waals surface area contributed by atoms with Crippen LogP contribution in [0.15, 0.2) is 12.7 Å². The van der Waals surface area contributed by atoms with Gasteiger partial charge in [0.2, 0.25) is 0 Å². The Morgan fingerprint density at radius 1 is 1.75 bits per heavy atom. The van der Waals surface area contributed by atoms with Gasteiger partial charge in [0.05, 0.1) is 12.0 Å². The fourth-order valence-electron chi connectivity index (χ4n) is 0.816. The molecule has 0 aliphatic heterocycles. The highest BCUT2D eigenvalue weighted by Crippen LogP contribution is 2.23. The number of carbonyl (C=O) groups is 1. The van der Waals surface area contributed by atoms with Crippen LogP contribution in [0.3, 0.4) is 0 Å². The second-order valence-corrected chi connectivity index (χ2v) is 2.82. The molecule has 3 heteroatoms. The minimum atomic E-state index is -0.745. The SMILES string of the molecule is C=CC(C)(CCO)C(=O)OCC. The van der Waals surface area contributed by atoms with Crippen molar-refractivity contribution in [2.45, 2.75) is 20.3 Å². The summed E-state index contributed by atoms with van der Waals surface area (Å²) in [5.74, 6) is -0.325. The van der Waals surface area contributed by atoms with E-state index >= 15 is 0 Å². The van der Waals surface area contributed by atoms with Crippen LogP contribution in [0.1, 0.15) is 20.3 Å². The summed E-state index contributed by atoms with van der Waals surface area (Å²) in [5.41, 5.74) is -0.745. The maximum absolute atomic E-state index is 11.3. The van der Waals surface area contributed by atoms with Crippen LogP contribution in [-0.4, -0.2) is 24.3 Å². The second-order valence-electron chi connectivity index (χ2n) is 2.82. The third-order valence-electron chi connectivity index (χ3n) is 1.82. The third kappa shape index (κ3) is 2.66. The first-order valence-electron chi connectivity index (χ1n) is 4.02. The number of aliphatic hydroxyl groups is 1. The number of aliphatic hydroxyl groups excluding tert-OH is 1. The van der Waals surface area contributed by atoms with E-state index in [2.05, 4.69) is 6.58 Å². The summed E-state index contributed by atoms with van der Waals surface area (Å²) < 4.78 is 4.83. The minimum Gasteiger partial charge on any atom is -0.465 e. The summed E-state index contributed by atoms with van der Waals surface area (Å²) >= 11 is 0. The van der Waals surface area contributed by atoms with Crippen LogP contribution < -0.4 is 0 Å². The van der Waals surface area contributed by atoms with Crippen molar-refractivity contribution in [1.29, 1.82) is 0 Å². The number of esters is 1. The van der Waals surface area contributed by atoms with Crippen LogP contribution in [0.5, 0.6) is 0 Å². The van der Waals surface area contributed by atoms with Crippen molar-refractivity contribution >= 4 is 5.97 Å². The average Bonchev–Trinajstić information content (AvgIpc) is 2.05. The third-order valence-corrected chi connectivity index (χ3v) is 1.82. The summed E-state index contributed by atoms with van der Waals surface area (Å²) in [5, 5.41) is 8.69. The molecule has 0 bridgehead atoms. The normalized spacial score (nSPS) is 14.9. The van der Waals surface area contributed by atoms with Gasteiger partial charge < -0.3 is 9.84 Å². The summed E-state index contributed by atoms with van der Waals surface area (Å²) in [6.07, 6.45) is 1.87. The Morgan fingerprint density at radius 3 is 2.67 bits per heavy atom. The molecule has 1 N–H and O–H groups in total. The van der Waals surface area contributed by atoms with Gasteiger partial charge in [0.15, 0.2) is 0 Å². The quantitative estimate of drug-likeness (QED) is 0.499. The molecule has 0 aliphatic rings. The first-order valence-corrected chi connectivity index (χ1v) is 4.02. The first kappa shape index (κ1) is 11.2. The fourth-order valence-corrected chi connectivity index (χ4v) is 0.816. The lowest BCUT2D eigenvalue weighted by molar-refractivity contribution is -0.152. The predicted molar refractivity (Wildman–Crippen MR) is 46.6 cm³/mol. The Bertz CT molecular complexity index is 165. The van der Waals surface area contributed by atoms with E-state index in [0.717, 1.165) is 0 Å². The lowest BCUT2D eigenvalue weighted by Crippen LogP contribution is -2.28. The molecule has 0 saturated carbocycles. The largest absolute Gasteiger partial charge is 0.465 e. The van der Waals surface area contributed by atoms with E-state index in [1.807, 2.05) is 0 Å². The standard InChI is InChI=1S/C9H16O3/c1-4-9(3,6-7-10)8(11)12-5-2/h4,10H,1,5-7H2,2-3H3. The Balaban J connectivity index is 4.28. The monoisotopic (exact) mass is 172 g/mol. The minimum absolute atomic E-state index is 0.0403. The molecule has 70 valence electrons. The van der Waals surface area contributed by atoms with Gasteiger partial charge in [0.25, 0.3) is 0 Å². The maximum Gasteiger partial charge on any atom is 0.315 e. The van der Waals surface area contributed by atoms with Crippen molar-refractivity contribution in [3.05, 3.63) is 12.7 Å². The molecular formula is C9H16O3. The summed E-state index contributed by atoms with van der Waals surface area (Å²) in [6.45, 7) is 7.31. The van der Waals surface area contributed by atoms with Crippen LogP contribution >= 0.6 is 0 Å². The van der Waals surface area contributed by atoms with Crippen molar-refractivity contribution in [3.8, 4) is 0 Å². The Labute approximate surface area is 73.0 Å². The molecule has 1 atom stereocenters. The van der Waals surface area contributed by atoms with Crippen LogP contribution in [0.25, 0.3) is 0 Å². The molecule has 0 rings (SSSR count). The number of hydrogen-bond acceptors (Lipinski definition) is 3. The van der Waals surface area contributed by atoms with Gasteiger partial charge in [0, 0.05) is 6.61 Å². The van der Waals surface area contributed by atoms with Crippen molar-refractivity contribution < 1.29 is 14.6 Å². The molecule has 0 aliphatic carbocycles. The molecule has 12 heavy (non-hydrogen) atoms. The van der Waals surface area contributed by atoms with Crippen molar-refractivity contribution in [2.24, 2.45) is 5.41 Å². The topological polar surface area (TPSA) is 46.5 Å². The van der Waals surface area contributed by atoms with Gasteiger partial charge in [-0.1, -0.05) is 6.08 Å². The lowest BCUT2D eigenvalue weighted by atomic mass is 9.87. The van der Waals surface area contributed by atoms with E-state index in [4.69, 9.17) is 9.84 Å². The zero-order valence-corrected chi connectivity index (χ0v) is 7.67. The lowest BCUT2D eigenvalue weighted by Gasteiger charge is -2.21. The predicted octanol–water partition coefficient (Wildman–Crippen LogP) is 1.12. The van der Waals surface area contributed by atoms with Gasteiger partial charge in [-0.05, 0) is 20.3 Å². The molecule has 0 aromatic heterocycles. The Kier molecular flexibility index (Phi) is 4.59. The Morgan fingerprint density at radius 2 is 2.33 bits per heavy atom. The molecule has 0 aromatic rings. The van der Waals surface area contributed by atoms with Gasteiger partial charge in [-0.15, -0.1) is 6.58 Å². The molecule has 0 saturated heterocycles. The summed E-state index contributed by atoms with van der Waals surface area (Å²) in [7, 11) is 0. The van der Waals surface area contributed by atoms with Crippen LogP contribution in [0.2, 0.25) is 0 Å². The molecular weight excluding hydrogens is 156 g/mol. The molecule has 3 nitrogen and oxygen atoms in total.